The Labute approximate surface area is 70.0 Å². The number of aromatic nitrogens is 2. The first kappa shape index (κ1) is 8.73. The highest BCUT2D eigenvalue weighted by atomic mass is 16.1. The van der Waals surface area contributed by atoms with Crippen LogP contribution in [0.15, 0.2) is 10.9 Å². The van der Waals surface area contributed by atoms with Crippen LogP contribution in [0.2, 0.25) is 0 Å². The molecule has 66 valence electrons. The molecule has 12 heavy (non-hydrogen) atoms. The number of nitrogens with two attached hydrogens (primary N) is 1. The maximum atomic E-state index is 11.0. The zero-order valence-corrected chi connectivity index (χ0v) is 7.09. The predicted molar refractivity (Wildman–Crippen MR) is 46.8 cm³/mol. The van der Waals surface area contributed by atoms with Gasteiger partial charge >= 0.3 is 0 Å². The molecule has 1 aromatic rings. The largest absolute Gasteiger partial charge is 0.310 e. The van der Waals surface area contributed by atoms with Gasteiger partial charge in [0.15, 0.2) is 0 Å². The molecular weight excluding hydrogens is 156 g/mol. The number of H-pyrrole nitrogens is 1. The average Bonchev–Trinajstić information content (AvgIpc) is 2.03. The maximum absolute atomic E-state index is 11.0. The number of nitrogen functional groups attached to an aromatic ring is 1. The molecule has 0 bridgehead atoms. The summed E-state index contributed by atoms with van der Waals surface area (Å²) in [5.74, 6) is 6.33. The zero-order chi connectivity index (χ0) is 9.14. The van der Waals surface area contributed by atoms with Gasteiger partial charge in [-0.2, -0.15) is 0 Å². The Morgan fingerprint density at radius 2 is 2.33 bits per heavy atom. The normalized spacial score (nSPS) is 10.3. The van der Waals surface area contributed by atoms with Gasteiger partial charge < -0.3 is 10.4 Å². The van der Waals surface area contributed by atoms with Gasteiger partial charge in [-0.15, -0.1) is 0 Å². The van der Waals surface area contributed by atoms with Crippen molar-refractivity contribution in [2.75, 3.05) is 5.43 Å². The summed E-state index contributed by atoms with van der Waals surface area (Å²) in [5, 5.41) is 0. The molecule has 4 N–H and O–H groups in total. The lowest BCUT2D eigenvalue weighted by Crippen LogP contribution is -2.17. The molecule has 0 aliphatic rings. The van der Waals surface area contributed by atoms with Crippen molar-refractivity contribution >= 4 is 5.82 Å². The van der Waals surface area contributed by atoms with Crippen LogP contribution in [-0.4, -0.2) is 9.97 Å². The van der Waals surface area contributed by atoms with Gasteiger partial charge in [-0.25, -0.2) is 10.8 Å². The molecule has 0 fully saturated rings. The molecule has 0 atom stereocenters. The summed E-state index contributed by atoms with van der Waals surface area (Å²) in [5.41, 5.74) is 2.14. The smallest absolute Gasteiger partial charge is 0.253 e. The second-order valence-corrected chi connectivity index (χ2v) is 2.81. The van der Waals surface area contributed by atoms with Crippen molar-refractivity contribution in [3.8, 4) is 0 Å². The lowest BCUT2D eigenvalue weighted by molar-refractivity contribution is 0.767. The van der Waals surface area contributed by atoms with E-state index < -0.39 is 0 Å². The number of hydrogen-bond acceptors (Lipinski definition) is 4. The number of aromatic amines is 1. The third-order valence-corrected chi connectivity index (χ3v) is 1.45. The SMILES string of the molecule is CC(C)c1nc(NN)cc(=O)[nH]1. The molecule has 5 nitrogen and oxygen atoms in total. The summed E-state index contributed by atoms with van der Waals surface area (Å²) in [6.07, 6.45) is 0. The number of nitrogens with zero attached hydrogens (tertiary/aromatic N) is 1. The zero-order valence-electron chi connectivity index (χ0n) is 7.09. The number of hydrogen-bond donors (Lipinski definition) is 3. The minimum atomic E-state index is -0.193. The van der Waals surface area contributed by atoms with Gasteiger partial charge in [0.25, 0.3) is 5.56 Å². The molecule has 0 unspecified atom stereocenters. The Bertz CT molecular complexity index is 317. The summed E-state index contributed by atoms with van der Waals surface area (Å²) >= 11 is 0. The van der Waals surface area contributed by atoms with E-state index in [9.17, 15) is 4.79 Å². The molecule has 0 amide bonds. The maximum Gasteiger partial charge on any atom is 0.253 e. The topological polar surface area (TPSA) is 83.8 Å². The lowest BCUT2D eigenvalue weighted by Gasteiger charge is -2.05. The molecular formula is C7H12N4O. The van der Waals surface area contributed by atoms with Crippen LogP contribution in [-0.2, 0) is 0 Å². The Hall–Kier alpha value is -1.36. The van der Waals surface area contributed by atoms with Gasteiger partial charge in [0.2, 0.25) is 0 Å². The fraction of sp³-hybridized carbons (Fsp3) is 0.429. The number of hydrazine groups is 1. The molecule has 1 aromatic heterocycles. The number of anilines is 1. The lowest BCUT2D eigenvalue weighted by atomic mass is 10.2. The molecule has 0 saturated heterocycles. The second-order valence-electron chi connectivity index (χ2n) is 2.81. The molecule has 5 heteroatoms. The molecule has 0 saturated carbocycles. The first-order valence-electron chi connectivity index (χ1n) is 3.71. The van der Waals surface area contributed by atoms with Crippen LogP contribution < -0.4 is 16.8 Å². The summed E-state index contributed by atoms with van der Waals surface area (Å²) in [6, 6.07) is 1.31. The van der Waals surface area contributed by atoms with Crippen molar-refractivity contribution in [2.24, 2.45) is 5.84 Å². The van der Waals surface area contributed by atoms with E-state index in [2.05, 4.69) is 15.4 Å². The molecule has 0 aliphatic heterocycles. The summed E-state index contributed by atoms with van der Waals surface area (Å²) in [7, 11) is 0. The molecule has 0 aromatic carbocycles. The van der Waals surface area contributed by atoms with Crippen molar-refractivity contribution in [1.29, 1.82) is 0 Å². The highest BCUT2D eigenvalue weighted by Gasteiger charge is 2.03. The van der Waals surface area contributed by atoms with E-state index in [1.54, 1.807) is 0 Å². The van der Waals surface area contributed by atoms with Gasteiger partial charge in [-0.1, -0.05) is 13.8 Å². The van der Waals surface area contributed by atoms with E-state index in [1.807, 2.05) is 13.8 Å². The molecule has 1 heterocycles. The van der Waals surface area contributed by atoms with E-state index in [1.165, 1.54) is 6.07 Å². The monoisotopic (exact) mass is 168 g/mol. The van der Waals surface area contributed by atoms with Gasteiger partial charge in [0, 0.05) is 12.0 Å². The average molecular weight is 168 g/mol. The number of nitrogens with one attached hydrogen (secondary N) is 2. The van der Waals surface area contributed by atoms with Gasteiger partial charge in [0.1, 0.15) is 11.6 Å². The highest BCUT2D eigenvalue weighted by Crippen LogP contribution is 2.07. The van der Waals surface area contributed by atoms with Gasteiger partial charge in [0.05, 0.1) is 0 Å². The van der Waals surface area contributed by atoms with E-state index in [-0.39, 0.29) is 11.5 Å². The fourth-order valence-electron chi connectivity index (χ4n) is 0.824. The van der Waals surface area contributed by atoms with Crippen LogP contribution in [0.1, 0.15) is 25.6 Å². The summed E-state index contributed by atoms with van der Waals surface area (Å²) in [4.78, 5) is 17.7. The van der Waals surface area contributed by atoms with Crippen molar-refractivity contribution in [3.63, 3.8) is 0 Å². The highest BCUT2D eigenvalue weighted by molar-refractivity contribution is 5.31. The molecule has 0 aliphatic carbocycles. The van der Waals surface area contributed by atoms with Crippen LogP contribution >= 0.6 is 0 Å². The Morgan fingerprint density at radius 1 is 1.67 bits per heavy atom. The molecule has 0 radical (unpaired) electrons. The Kier molecular flexibility index (Phi) is 2.44. The fourth-order valence-corrected chi connectivity index (χ4v) is 0.824. The third-order valence-electron chi connectivity index (χ3n) is 1.45. The predicted octanol–water partition coefficient (Wildman–Crippen LogP) is 0.179. The molecule has 0 spiro atoms. The van der Waals surface area contributed by atoms with Crippen molar-refractivity contribution in [3.05, 3.63) is 22.2 Å². The quantitative estimate of drug-likeness (QED) is 0.434. The van der Waals surface area contributed by atoms with E-state index >= 15 is 0 Å². The Balaban J connectivity index is 3.15. The van der Waals surface area contributed by atoms with Crippen molar-refractivity contribution in [2.45, 2.75) is 19.8 Å². The van der Waals surface area contributed by atoms with E-state index in [4.69, 9.17) is 5.84 Å². The number of rotatable bonds is 2. The minimum Gasteiger partial charge on any atom is -0.310 e. The van der Waals surface area contributed by atoms with Gasteiger partial charge in [-0.3, -0.25) is 4.79 Å². The van der Waals surface area contributed by atoms with Crippen LogP contribution in [0, 0.1) is 0 Å². The second kappa shape index (κ2) is 3.36. The van der Waals surface area contributed by atoms with Crippen molar-refractivity contribution < 1.29 is 0 Å². The van der Waals surface area contributed by atoms with Crippen LogP contribution in [0.25, 0.3) is 0 Å². The van der Waals surface area contributed by atoms with Crippen LogP contribution in [0.4, 0.5) is 5.82 Å². The van der Waals surface area contributed by atoms with E-state index in [0.717, 1.165) is 0 Å². The van der Waals surface area contributed by atoms with Crippen molar-refractivity contribution in [1.82, 2.24) is 9.97 Å². The molecule has 1 rings (SSSR count). The van der Waals surface area contributed by atoms with Crippen LogP contribution in [0.5, 0.6) is 0 Å². The minimum absolute atomic E-state index is 0.186. The van der Waals surface area contributed by atoms with Gasteiger partial charge in [-0.05, 0) is 0 Å². The van der Waals surface area contributed by atoms with Crippen LogP contribution in [0.3, 0.4) is 0 Å². The Morgan fingerprint density at radius 3 is 2.83 bits per heavy atom. The first-order chi connectivity index (χ1) is 5.63. The third kappa shape index (κ3) is 1.82. The van der Waals surface area contributed by atoms with E-state index in [0.29, 0.717) is 11.6 Å². The standard InChI is InChI=1S/C7H12N4O/c1-4(2)7-9-5(11-8)3-6(12)10-7/h3-4H,8H2,1-2H3,(H2,9,10,11,12). The summed E-state index contributed by atoms with van der Waals surface area (Å²) in [6.45, 7) is 3.89. The summed E-state index contributed by atoms with van der Waals surface area (Å²) < 4.78 is 0. The first-order valence-corrected chi connectivity index (χ1v) is 3.71.